The van der Waals surface area contributed by atoms with Crippen LogP contribution >= 0.6 is 11.6 Å². The number of hydrogen-bond acceptors (Lipinski definition) is 3. The van der Waals surface area contributed by atoms with Gasteiger partial charge < -0.3 is 14.8 Å². The van der Waals surface area contributed by atoms with Gasteiger partial charge in [0.2, 0.25) is 0 Å². The third-order valence-corrected chi connectivity index (χ3v) is 8.48. The van der Waals surface area contributed by atoms with E-state index in [1.54, 1.807) is 0 Å². The molecule has 1 N–H and O–H groups in total. The molecule has 6 rings (SSSR count). The van der Waals surface area contributed by atoms with Gasteiger partial charge in [-0.3, -0.25) is 0 Å². The minimum atomic E-state index is 0.498. The van der Waals surface area contributed by atoms with Crippen LogP contribution in [0.25, 0.3) is 0 Å². The van der Waals surface area contributed by atoms with E-state index in [2.05, 4.69) is 24.4 Å². The fourth-order valence-electron chi connectivity index (χ4n) is 6.99. The van der Waals surface area contributed by atoms with E-state index in [1.165, 1.54) is 44.1 Å². The molecule has 4 aliphatic carbocycles. The van der Waals surface area contributed by atoms with Crippen LogP contribution in [0.4, 0.5) is 0 Å². The topological polar surface area (TPSA) is 30.5 Å². The molecule has 4 fully saturated rings. The minimum absolute atomic E-state index is 0.498. The number of hydrogen-bond donors (Lipinski definition) is 1. The number of halogens is 1. The second kappa shape index (κ2) is 9.27. The number of rotatable bonds is 9. The molecule has 0 saturated heterocycles. The average molecular weight is 454 g/mol. The normalized spacial score (nSPS) is 29.2. The molecular formula is C28H36ClNO2. The molecule has 4 aliphatic rings. The van der Waals surface area contributed by atoms with E-state index in [-0.39, 0.29) is 0 Å². The third kappa shape index (κ3) is 4.65. The first-order chi connectivity index (χ1) is 15.5. The zero-order valence-electron chi connectivity index (χ0n) is 19.4. The molecule has 4 bridgehead atoms. The Balaban J connectivity index is 1.22. The molecule has 4 heteroatoms. The van der Waals surface area contributed by atoms with Gasteiger partial charge in [0, 0.05) is 17.6 Å². The van der Waals surface area contributed by atoms with E-state index < -0.39 is 0 Å². The largest absolute Gasteiger partial charge is 0.490 e. The molecule has 0 amide bonds. The molecule has 0 spiro atoms. The van der Waals surface area contributed by atoms with E-state index >= 15 is 0 Å². The van der Waals surface area contributed by atoms with E-state index in [9.17, 15) is 0 Å². The summed E-state index contributed by atoms with van der Waals surface area (Å²) in [7, 11) is 0. The van der Waals surface area contributed by atoms with Gasteiger partial charge in [0.05, 0.1) is 6.61 Å². The predicted molar refractivity (Wildman–Crippen MR) is 130 cm³/mol. The Bertz CT molecular complexity index is 890. The van der Waals surface area contributed by atoms with Gasteiger partial charge in [-0.15, -0.1) is 0 Å². The molecule has 172 valence electrons. The molecule has 2 aromatic carbocycles. The van der Waals surface area contributed by atoms with Crippen LogP contribution in [0, 0.1) is 23.2 Å². The van der Waals surface area contributed by atoms with Gasteiger partial charge in [-0.1, -0.05) is 29.8 Å². The maximum atomic E-state index is 6.07. The standard InChI is InChI=1S/C28H36ClNO2/c1-3-31-27-13-21(6-9-26(27)32-18-20-4-7-25(29)8-5-20)17-30-19(2)28-14-22-10-23(15-28)12-24(11-22)16-28/h4-9,13,19,22-24,30H,3,10-12,14-18H2,1-2H3/t19-,22?,23?,24?,28?/m1/s1. The first-order valence-corrected chi connectivity index (χ1v) is 12.8. The Kier molecular flexibility index (Phi) is 6.40. The van der Waals surface area contributed by atoms with Gasteiger partial charge in [-0.25, -0.2) is 0 Å². The summed E-state index contributed by atoms with van der Waals surface area (Å²) in [6.45, 7) is 6.44. The molecule has 0 radical (unpaired) electrons. The highest BCUT2D eigenvalue weighted by atomic mass is 35.5. The van der Waals surface area contributed by atoms with Crippen molar-refractivity contribution in [2.45, 2.75) is 71.6 Å². The van der Waals surface area contributed by atoms with Crippen LogP contribution < -0.4 is 14.8 Å². The van der Waals surface area contributed by atoms with Gasteiger partial charge in [0.15, 0.2) is 11.5 Å². The smallest absolute Gasteiger partial charge is 0.161 e. The quantitative estimate of drug-likeness (QED) is 0.442. The highest BCUT2D eigenvalue weighted by Gasteiger charge is 2.52. The Morgan fingerprint density at radius 1 is 0.906 bits per heavy atom. The zero-order valence-corrected chi connectivity index (χ0v) is 20.2. The maximum Gasteiger partial charge on any atom is 0.161 e. The van der Waals surface area contributed by atoms with Gasteiger partial charge in [0.25, 0.3) is 0 Å². The van der Waals surface area contributed by atoms with Gasteiger partial charge in [0.1, 0.15) is 6.61 Å². The van der Waals surface area contributed by atoms with Gasteiger partial charge in [-0.05, 0) is 111 Å². The number of ether oxygens (including phenoxy) is 2. The van der Waals surface area contributed by atoms with Crippen LogP contribution in [0.15, 0.2) is 42.5 Å². The Hall–Kier alpha value is -1.71. The second-order valence-electron chi connectivity index (χ2n) is 10.5. The lowest BCUT2D eigenvalue weighted by Crippen LogP contribution is -2.54. The van der Waals surface area contributed by atoms with Crippen LogP contribution in [0.5, 0.6) is 11.5 Å². The van der Waals surface area contributed by atoms with Gasteiger partial charge in [-0.2, -0.15) is 0 Å². The monoisotopic (exact) mass is 453 g/mol. The van der Waals surface area contributed by atoms with Crippen molar-refractivity contribution in [1.82, 2.24) is 5.32 Å². The van der Waals surface area contributed by atoms with E-state index in [0.717, 1.165) is 46.4 Å². The van der Waals surface area contributed by atoms with Gasteiger partial charge >= 0.3 is 0 Å². The number of benzene rings is 2. The summed E-state index contributed by atoms with van der Waals surface area (Å²) in [5.74, 6) is 4.59. The molecule has 3 nitrogen and oxygen atoms in total. The predicted octanol–water partition coefficient (Wildman–Crippen LogP) is 7.01. The SMILES string of the molecule is CCOc1cc(CN[C@H](C)C23CC4CC(CC(C4)C2)C3)ccc1OCc1ccc(Cl)cc1. The van der Waals surface area contributed by atoms with Crippen LogP contribution in [-0.2, 0) is 13.2 Å². The molecular weight excluding hydrogens is 418 g/mol. The van der Waals surface area contributed by atoms with Crippen molar-refractivity contribution in [2.75, 3.05) is 6.61 Å². The molecule has 0 unspecified atom stereocenters. The third-order valence-electron chi connectivity index (χ3n) is 8.23. The minimum Gasteiger partial charge on any atom is -0.490 e. The van der Waals surface area contributed by atoms with Crippen molar-refractivity contribution in [3.63, 3.8) is 0 Å². The molecule has 0 aliphatic heterocycles. The van der Waals surface area contributed by atoms with E-state index in [1.807, 2.05) is 37.3 Å². The molecule has 1 atom stereocenters. The van der Waals surface area contributed by atoms with Crippen molar-refractivity contribution in [3.05, 3.63) is 58.6 Å². The summed E-state index contributed by atoms with van der Waals surface area (Å²) in [5.41, 5.74) is 2.87. The van der Waals surface area contributed by atoms with Crippen LogP contribution in [0.1, 0.15) is 63.5 Å². The maximum absolute atomic E-state index is 6.07. The molecule has 4 saturated carbocycles. The Morgan fingerprint density at radius 2 is 1.53 bits per heavy atom. The highest BCUT2D eigenvalue weighted by molar-refractivity contribution is 6.30. The Labute approximate surface area is 197 Å². The Morgan fingerprint density at radius 3 is 2.16 bits per heavy atom. The lowest BCUT2D eigenvalue weighted by molar-refractivity contribution is -0.0706. The molecule has 2 aromatic rings. The lowest BCUT2D eigenvalue weighted by atomic mass is 9.48. The summed E-state index contributed by atoms with van der Waals surface area (Å²) in [6.07, 6.45) is 8.82. The zero-order chi connectivity index (χ0) is 22.1. The van der Waals surface area contributed by atoms with E-state index in [0.29, 0.717) is 24.7 Å². The summed E-state index contributed by atoms with van der Waals surface area (Å²) in [5, 5.41) is 4.64. The van der Waals surface area contributed by atoms with E-state index in [4.69, 9.17) is 21.1 Å². The first kappa shape index (κ1) is 22.1. The lowest BCUT2D eigenvalue weighted by Gasteiger charge is -2.59. The average Bonchev–Trinajstić information content (AvgIpc) is 2.77. The summed E-state index contributed by atoms with van der Waals surface area (Å²) in [4.78, 5) is 0. The molecule has 0 aromatic heterocycles. The van der Waals surface area contributed by atoms with Crippen molar-refractivity contribution < 1.29 is 9.47 Å². The van der Waals surface area contributed by atoms with Crippen molar-refractivity contribution in [3.8, 4) is 11.5 Å². The second-order valence-corrected chi connectivity index (χ2v) is 10.9. The van der Waals surface area contributed by atoms with Crippen molar-refractivity contribution in [1.29, 1.82) is 0 Å². The first-order valence-electron chi connectivity index (χ1n) is 12.4. The highest BCUT2D eigenvalue weighted by Crippen LogP contribution is 2.61. The molecule has 0 heterocycles. The summed E-state index contributed by atoms with van der Waals surface area (Å²) < 4.78 is 12.0. The molecule has 32 heavy (non-hydrogen) atoms. The van der Waals surface area contributed by atoms with Crippen LogP contribution in [0.2, 0.25) is 5.02 Å². The number of nitrogens with one attached hydrogen (secondary N) is 1. The fourth-order valence-corrected chi connectivity index (χ4v) is 7.11. The summed E-state index contributed by atoms with van der Waals surface area (Å²) >= 11 is 5.98. The summed E-state index contributed by atoms with van der Waals surface area (Å²) in [6, 6.07) is 14.7. The van der Waals surface area contributed by atoms with Crippen molar-refractivity contribution >= 4 is 11.6 Å². The van der Waals surface area contributed by atoms with Crippen LogP contribution in [-0.4, -0.2) is 12.6 Å². The van der Waals surface area contributed by atoms with Crippen LogP contribution in [0.3, 0.4) is 0 Å². The fraction of sp³-hybridized carbons (Fsp3) is 0.571. The van der Waals surface area contributed by atoms with Crippen molar-refractivity contribution in [2.24, 2.45) is 23.2 Å².